The van der Waals surface area contributed by atoms with Crippen molar-refractivity contribution in [2.75, 3.05) is 19.0 Å². The van der Waals surface area contributed by atoms with Crippen molar-refractivity contribution in [2.24, 2.45) is 0 Å². The number of hydrogen-bond donors (Lipinski definition) is 1. The summed E-state index contributed by atoms with van der Waals surface area (Å²) in [6, 6.07) is 1.44. The second-order valence-corrected chi connectivity index (χ2v) is 4.56. The number of pyridine rings is 1. The van der Waals surface area contributed by atoms with Gasteiger partial charge in [-0.2, -0.15) is 0 Å². The number of aryl methyl sites for hydroxylation is 1. The third-order valence-electron chi connectivity index (χ3n) is 2.24. The molecule has 0 atom stereocenters. The zero-order chi connectivity index (χ0) is 13.1. The van der Waals surface area contributed by atoms with Crippen molar-refractivity contribution in [2.45, 2.75) is 26.3 Å². The standard InChI is InChI=1S/C11H17N3O3/c1-8-6-12-10(5-9(8)14(15)16)13-11(2,3)7-17-4/h5-6H,7H2,1-4H3,(H,12,13). The van der Waals surface area contributed by atoms with Gasteiger partial charge in [0.2, 0.25) is 0 Å². The number of aromatic nitrogens is 1. The molecule has 0 saturated carbocycles. The number of anilines is 1. The van der Waals surface area contributed by atoms with Gasteiger partial charge in [0.25, 0.3) is 5.69 Å². The van der Waals surface area contributed by atoms with Crippen LogP contribution in [0.15, 0.2) is 12.3 Å². The third-order valence-corrected chi connectivity index (χ3v) is 2.24. The Labute approximate surface area is 100 Å². The van der Waals surface area contributed by atoms with Gasteiger partial charge >= 0.3 is 0 Å². The van der Waals surface area contributed by atoms with E-state index in [1.165, 1.54) is 12.3 Å². The number of ether oxygens (including phenoxy) is 1. The van der Waals surface area contributed by atoms with Gasteiger partial charge in [-0.05, 0) is 20.8 Å². The van der Waals surface area contributed by atoms with Gasteiger partial charge in [0.15, 0.2) is 0 Å². The Bertz CT molecular complexity index is 418. The highest BCUT2D eigenvalue weighted by molar-refractivity contribution is 5.50. The van der Waals surface area contributed by atoms with Crippen molar-refractivity contribution in [3.05, 3.63) is 27.9 Å². The summed E-state index contributed by atoms with van der Waals surface area (Å²) >= 11 is 0. The van der Waals surface area contributed by atoms with Crippen LogP contribution in [-0.4, -0.2) is 29.2 Å². The molecule has 1 rings (SSSR count). The summed E-state index contributed by atoms with van der Waals surface area (Å²) in [6.45, 7) is 6.01. The van der Waals surface area contributed by atoms with Crippen molar-refractivity contribution in [3.63, 3.8) is 0 Å². The van der Waals surface area contributed by atoms with Gasteiger partial charge in [0.05, 0.1) is 23.1 Å². The highest BCUT2D eigenvalue weighted by Gasteiger charge is 2.20. The van der Waals surface area contributed by atoms with E-state index >= 15 is 0 Å². The molecule has 17 heavy (non-hydrogen) atoms. The van der Waals surface area contributed by atoms with E-state index in [1.807, 2.05) is 13.8 Å². The summed E-state index contributed by atoms with van der Waals surface area (Å²) in [5.41, 5.74) is 0.283. The molecule has 0 unspecified atom stereocenters. The molecule has 0 aliphatic heterocycles. The van der Waals surface area contributed by atoms with Crippen molar-refractivity contribution >= 4 is 11.5 Å². The quantitative estimate of drug-likeness (QED) is 0.629. The zero-order valence-corrected chi connectivity index (χ0v) is 10.5. The van der Waals surface area contributed by atoms with E-state index in [2.05, 4.69) is 10.3 Å². The van der Waals surface area contributed by atoms with Crippen molar-refractivity contribution in [1.82, 2.24) is 4.98 Å². The molecule has 1 N–H and O–H groups in total. The van der Waals surface area contributed by atoms with Gasteiger partial charge in [0.1, 0.15) is 5.82 Å². The molecule has 0 amide bonds. The highest BCUT2D eigenvalue weighted by Crippen LogP contribution is 2.22. The summed E-state index contributed by atoms with van der Waals surface area (Å²) in [6.07, 6.45) is 1.49. The fourth-order valence-electron chi connectivity index (χ4n) is 1.52. The molecule has 0 aromatic carbocycles. The van der Waals surface area contributed by atoms with E-state index in [4.69, 9.17) is 4.74 Å². The molecule has 0 aliphatic rings. The molecular weight excluding hydrogens is 222 g/mol. The summed E-state index contributed by atoms with van der Waals surface area (Å²) in [7, 11) is 1.61. The zero-order valence-electron chi connectivity index (χ0n) is 10.5. The number of nitro groups is 1. The molecule has 6 heteroatoms. The second-order valence-electron chi connectivity index (χ2n) is 4.56. The molecule has 94 valence electrons. The molecule has 1 heterocycles. The monoisotopic (exact) mass is 239 g/mol. The first-order chi connectivity index (χ1) is 7.85. The lowest BCUT2D eigenvalue weighted by Gasteiger charge is -2.25. The van der Waals surface area contributed by atoms with E-state index in [0.717, 1.165) is 0 Å². The van der Waals surface area contributed by atoms with Crippen molar-refractivity contribution in [1.29, 1.82) is 0 Å². The smallest absolute Gasteiger partial charge is 0.277 e. The average molecular weight is 239 g/mol. The first-order valence-corrected chi connectivity index (χ1v) is 5.24. The van der Waals surface area contributed by atoms with Crippen LogP contribution in [0.4, 0.5) is 11.5 Å². The van der Waals surface area contributed by atoms with E-state index in [1.54, 1.807) is 14.0 Å². The minimum absolute atomic E-state index is 0.0655. The summed E-state index contributed by atoms with van der Waals surface area (Å²) < 4.78 is 5.06. The molecule has 0 radical (unpaired) electrons. The maximum Gasteiger partial charge on any atom is 0.277 e. The van der Waals surface area contributed by atoms with Gasteiger partial charge in [-0.1, -0.05) is 0 Å². The maximum atomic E-state index is 10.8. The highest BCUT2D eigenvalue weighted by atomic mass is 16.6. The van der Waals surface area contributed by atoms with Gasteiger partial charge in [-0.25, -0.2) is 4.98 Å². The van der Waals surface area contributed by atoms with Crippen LogP contribution >= 0.6 is 0 Å². The van der Waals surface area contributed by atoms with Crippen LogP contribution in [0, 0.1) is 17.0 Å². The molecule has 0 fully saturated rings. The van der Waals surface area contributed by atoms with Crippen LogP contribution in [0.3, 0.4) is 0 Å². The van der Waals surface area contributed by atoms with E-state index < -0.39 is 4.92 Å². The molecule has 1 aromatic heterocycles. The Morgan fingerprint density at radius 3 is 2.76 bits per heavy atom. The SMILES string of the molecule is COCC(C)(C)Nc1cc([N+](=O)[O-])c(C)cn1. The number of rotatable bonds is 5. The first-order valence-electron chi connectivity index (χ1n) is 5.24. The van der Waals surface area contributed by atoms with Gasteiger partial charge < -0.3 is 10.1 Å². The Balaban J connectivity index is 2.93. The number of hydrogen-bond acceptors (Lipinski definition) is 5. The first kappa shape index (κ1) is 13.4. The average Bonchev–Trinajstić information content (AvgIpc) is 2.20. The van der Waals surface area contributed by atoms with Gasteiger partial charge in [-0.3, -0.25) is 10.1 Å². The van der Waals surface area contributed by atoms with Crippen molar-refractivity contribution in [3.8, 4) is 0 Å². The Kier molecular flexibility index (Phi) is 4.01. The molecule has 0 spiro atoms. The van der Waals surface area contributed by atoms with Gasteiger partial charge in [0, 0.05) is 18.9 Å². The van der Waals surface area contributed by atoms with Crippen LogP contribution in [0.1, 0.15) is 19.4 Å². The maximum absolute atomic E-state index is 10.8. The fraction of sp³-hybridized carbons (Fsp3) is 0.545. The number of nitrogens with zero attached hydrogens (tertiary/aromatic N) is 2. The molecule has 0 aliphatic carbocycles. The minimum atomic E-state index is -0.411. The largest absolute Gasteiger partial charge is 0.382 e. The van der Waals surface area contributed by atoms with Crippen LogP contribution in [0.25, 0.3) is 0 Å². The lowest BCUT2D eigenvalue weighted by atomic mass is 10.1. The molecule has 0 saturated heterocycles. The Morgan fingerprint density at radius 2 is 2.24 bits per heavy atom. The normalized spacial score (nSPS) is 11.3. The molecule has 1 aromatic rings. The minimum Gasteiger partial charge on any atom is -0.382 e. The predicted octanol–water partition coefficient (Wildman–Crippen LogP) is 2.14. The Morgan fingerprint density at radius 1 is 1.59 bits per heavy atom. The van der Waals surface area contributed by atoms with Crippen LogP contribution < -0.4 is 5.32 Å². The third kappa shape index (κ3) is 3.67. The number of nitrogens with one attached hydrogen (secondary N) is 1. The Hall–Kier alpha value is -1.69. The van der Waals surface area contributed by atoms with Gasteiger partial charge in [-0.15, -0.1) is 0 Å². The lowest BCUT2D eigenvalue weighted by Crippen LogP contribution is -2.36. The van der Waals surface area contributed by atoms with E-state index in [0.29, 0.717) is 18.0 Å². The predicted molar refractivity (Wildman–Crippen MR) is 65.2 cm³/mol. The fourth-order valence-corrected chi connectivity index (χ4v) is 1.52. The topological polar surface area (TPSA) is 77.3 Å². The lowest BCUT2D eigenvalue weighted by molar-refractivity contribution is -0.385. The van der Waals surface area contributed by atoms with E-state index in [9.17, 15) is 10.1 Å². The molecular formula is C11H17N3O3. The van der Waals surface area contributed by atoms with Crippen LogP contribution in [0.2, 0.25) is 0 Å². The second kappa shape index (κ2) is 5.09. The van der Waals surface area contributed by atoms with E-state index in [-0.39, 0.29) is 11.2 Å². The molecule has 6 nitrogen and oxygen atoms in total. The summed E-state index contributed by atoms with van der Waals surface area (Å²) in [5.74, 6) is 0.476. The number of methoxy groups -OCH3 is 1. The van der Waals surface area contributed by atoms with Crippen LogP contribution in [-0.2, 0) is 4.74 Å². The van der Waals surface area contributed by atoms with Crippen LogP contribution in [0.5, 0.6) is 0 Å². The summed E-state index contributed by atoms with van der Waals surface area (Å²) in [5, 5.41) is 13.9. The van der Waals surface area contributed by atoms with Crippen molar-refractivity contribution < 1.29 is 9.66 Å². The summed E-state index contributed by atoms with van der Waals surface area (Å²) in [4.78, 5) is 14.5. The molecule has 0 bridgehead atoms.